The highest BCUT2D eigenvalue weighted by molar-refractivity contribution is 9.10. The summed E-state index contributed by atoms with van der Waals surface area (Å²) in [5.74, 6) is 0. The van der Waals surface area contributed by atoms with Crippen molar-refractivity contribution in [2.45, 2.75) is 51.7 Å². The molecule has 1 heterocycles. The topological polar surface area (TPSA) is 15.3 Å². The van der Waals surface area contributed by atoms with Gasteiger partial charge in [0.1, 0.15) is 0 Å². The molecule has 1 aromatic rings. The third kappa shape index (κ3) is 4.04. The number of nitrogens with zero attached hydrogens (tertiary/aromatic N) is 1. The van der Waals surface area contributed by atoms with Crippen LogP contribution >= 0.6 is 15.9 Å². The highest BCUT2D eigenvalue weighted by Crippen LogP contribution is 2.22. The zero-order chi connectivity index (χ0) is 13.8. The molecule has 2 unspecified atom stereocenters. The molecule has 1 fully saturated rings. The second kappa shape index (κ2) is 6.87. The lowest BCUT2D eigenvalue weighted by Crippen LogP contribution is -2.37. The molecule has 1 aliphatic heterocycles. The summed E-state index contributed by atoms with van der Waals surface area (Å²) in [4.78, 5) is 2.56. The third-order valence-electron chi connectivity index (χ3n) is 4.07. The molecule has 19 heavy (non-hydrogen) atoms. The number of rotatable bonds is 5. The van der Waals surface area contributed by atoms with E-state index in [9.17, 15) is 0 Å². The second-order valence-electron chi connectivity index (χ2n) is 5.75. The fraction of sp³-hybridized carbons (Fsp3) is 0.625. The van der Waals surface area contributed by atoms with Crippen molar-refractivity contribution >= 4 is 15.9 Å². The van der Waals surface area contributed by atoms with E-state index in [-0.39, 0.29) is 0 Å². The van der Waals surface area contributed by atoms with E-state index < -0.39 is 0 Å². The maximum atomic E-state index is 3.83. The molecule has 1 aliphatic rings. The molecule has 0 amide bonds. The number of hydrogen-bond donors (Lipinski definition) is 1. The Bertz CT molecular complexity index is 388. The molecule has 106 valence electrons. The van der Waals surface area contributed by atoms with Crippen molar-refractivity contribution in [1.29, 1.82) is 0 Å². The summed E-state index contributed by atoms with van der Waals surface area (Å²) < 4.78 is 1.15. The van der Waals surface area contributed by atoms with Gasteiger partial charge in [0.2, 0.25) is 0 Å². The number of nitrogens with one attached hydrogen (secondary N) is 1. The van der Waals surface area contributed by atoms with Gasteiger partial charge < -0.3 is 5.32 Å². The van der Waals surface area contributed by atoms with Crippen LogP contribution in [0.3, 0.4) is 0 Å². The van der Waals surface area contributed by atoms with Crippen molar-refractivity contribution in [2.24, 2.45) is 0 Å². The van der Waals surface area contributed by atoms with E-state index in [0.29, 0.717) is 18.1 Å². The van der Waals surface area contributed by atoms with Gasteiger partial charge in [0, 0.05) is 29.1 Å². The Balaban J connectivity index is 1.95. The normalized spacial score (nSPS) is 22.1. The van der Waals surface area contributed by atoms with Gasteiger partial charge in [-0.25, -0.2) is 0 Å². The monoisotopic (exact) mass is 324 g/mol. The Morgan fingerprint density at radius 2 is 2.00 bits per heavy atom. The van der Waals surface area contributed by atoms with Gasteiger partial charge in [-0.3, -0.25) is 4.90 Å². The van der Waals surface area contributed by atoms with Crippen molar-refractivity contribution in [3.8, 4) is 0 Å². The molecule has 0 radical (unpaired) electrons. The summed E-state index contributed by atoms with van der Waals surface area (Å²) in [6.45, 7) is 9.24. The van der Waals surface area contributed by atoms with Crippen LogP contribution in [0.25, 0.3) is 0 Å². The molecule has 1 N–H and O–H groups in total. The average molecular weight is 325 g/mol. The van der Waals surface area contributed by atoms with Crippen LogP contribution < -0.4 is 5.32 Å². The predicted octanol–water partition coefficient (Wildman–Crippen LogP) is 3.97. The predicted molar refractivity (Wildman–Crippen MR) is 85.4 cm³/mol. The van der Waals surface area contributed by atoms with Crippen molar-refractivity contribution in [3.63, 3.8) is 0 Å². The highest BCUT2D eigenvalue weighted by Gasteiger charge is 2.25. The number of hydrogen-bond acceptors (Lipinski definition) is 2. The summed E-state index contributed by atoms with van der Waals surface area (Å²) in [5, 5.41) is 3.83. The van der Waals surface area contributed by atoms with Crippen LogP contribution in [0.2, 0.25) is 0 Å². The first-order valence-corrected chi connectivity index (χ1v) is 8.15. The van der Waals surface area contributed by atoms with E-state index >= 15 is 0 Å². The van der Waals surface area contributed by atoms with E-state index in [1.807, 2.05) is 0 Å². The largest absolute Gasteiger partial charge is 0.306 e. The maximum Gasteiger partial charge on any atom is 0.0320 e. The van der Waals surface area contributed by atoms with Crippen LogP contribution in [0, 0.1) is 0 Å². The summed E-state index contributed by atoms with van der Waals surface area (Å²) in [5.41, 5.74) is 1.40. The van der Waals surface area contributed by atoms with Gasteiger partial charge >= 0.3 is 0 Å². The van der Waals surface area contributed by atoms with Gasteiger partial charge in [-0.1, -0.05) is 35.0 Å². The first kappa shape index (κ1) is 15.0. The standard InChI is InChI=1S/C16H25BrN2/c1-4-16(13-5-7-14(17)8-6-13)18-15-9-10-19(11-15)12(2)3/h5-8,12,15-16,18H,4,9-11H2,1-3H3. The quantitative estimate of drug-likeness (QED) is 0.881. The number of benzene rings is 1. The van der Waals surface area contributed by atoms with Gasteiger partial charge in [0.15, 0.2) is 0 Å². The molecule has 2 nitrogen and oxygen atoms in total. The van der Waals surface area contributed by atoms with Gasteiger partial charge in [0.25, 0.3) is 0 Å². The molecule has 0 bridgehead atoms. The molecule has 3 heteroatoms. The molecule has 0 aliphatic carbocycles. The SMILES string of the molecule is CCC(NC1CCN(C(C)C)C1)c1ccc(Br)cc1. The minimum Gasteiger partial charge on any atom is -0.306 e. The van der Waals surface area contributed by atoms with Crippen LogP contribution in [0.5, 0.6) is 0 Å². The molecule has 0 saturated carbocycles. The van der Waals surface area contributed by atoms with Gasteiger partial charge in [-0.15, -0.1) is 0 Å². The molecule has 1 aromatic carbocycles. The van der Waals surface area contributed by atoms with Crippen LogP contribution in [0.4, 0.5) is 0 Å². The molecule has 1 saturated heterocycles. The van der Waals surface area contributed by atoms with Gasteiger partial charge in [-0.05, 0) is 50.9 Å². The lowest BCUT2D eigenvalue weighted by molar-refractivity contribution is 0.265. The Morgan fingerprint density at radius 3 is 2.53 bits per heavy atom. The van der Waals surface area contributed by atoms with Crippen LogP contribution in [-0.4, -0.2) is 30.1 Å². The maximum absolute atomic E-state index is 3.83. The molecule has 0 spiro atoms. The minimum absolute atomic E-state index is 0.477. The van der Waals surface area contributed by atoms with E-state index in [2.05, 4.69) is 71.2 Å². The van der Waals surface area contributed by atoms with Gasteiger partial charge in [0.05, 0.1) is 0 Å². The number of likely N-dealkylation sites (tertiary alicyclic amines) is 1. The van der Waals surface area contributed by atoms with Gasteiger partial charge in [-0.2, -0.15) is 0 Å². The average Bonchev–Trinajstić information content (AvgIpc) is 2.86. The lowest BCUT2D eigenvalue weighted by atomic mass is 10.0. The molecular weight excluding hydrogens is 300 g/mol. The van der Waals surface area contributed by atoms with E-state index in [0.717, 1.165) is 10.9 Å². The smallest absolute Gasteiger partial charge is 0.0320 e. The van der Waals surface area contributed by atoms with Crippen LogP contribution in [0.15, 0.2) is 28.7 Å². The van der Waals surface area contributed by atoms with Crippen molar-refractivity contribution in [3.05, 3.63) is 34.3 Å². The first-order chi connectivity index (χ1) is 9.10. The fourth-order valence-corrected chi connectivity index (χ4v) is 3.09. The summed E-state index contributed by atoms with van der Waals surface area (Å²) in [7, 11) is 0. The molecule has 2 atom stereocenters. The Morgan fingerprint density at radius 1 is 1.32 bits per heavy atom. The number of halogens is 1. The Hall–Kier alpha value is -0.380. The minimum atomic E-state index is 0.477. The lowest BCUT2D eigenvalue weighted by Gasteiger charge is -2.24. The third-order valence-corrected chi connectivity index (χ3v) is 4.60. The van der Waals surface area contributed by atoms with Crippen molar-refractivity contribution < 1.29 is 0 Å². The van der Waals surface area contributed by atoms with E-state index in [1.54, 1.807) is 0 Å². The highest BCUT2D eigenvalue weighted by atomic mass is 79.9. The Kier molecular flexibility index (Phi) is 5.43. The second-order valence-corrected chi connectivity index (χ2v) is 6.67. The van der Waals surface area contributed by atoms with Crippen LogP contribution in [-0.2, 0) is 0 Å². The van der Waals surface area contributed by atoms with E-state index in [4.69, 9.17) is 0 Å². The Labute approximate surface area is 125 Å². The summed E-state index contributed by atoms with van der Waals surface area (Å²) >= 11 is 3.50. The van der Waals surface area contributed by atoms with Crippen LogP contribution in [0.1, 0.15) is 45.2 Å². The molecular formula is C16H25BrN2. The molecule has 2 rings (SSSR count). The summed E-state index contributed by atoms with van der Waals surface area (Å²) in [6, 6.07) is 10.5. The fourth-order valence-electron chi connectivity index (χ4n) is 2.82. The first-order valence-electron chi connectivity index (χ1n) is 7.35. The molecule has 0 aromatic heterocycles. The van der Waals surface area contributed by atoms with E-state index in [1.165, 1.54) is 25.1 Å². The summed E-state index contributed by atoms with van der Waals surface area (Å²) in [6.07, 6.45) is 2.41. The van der Waals surface area contributed by atoms with Crippen molar-refractivity contribution in [1.82, 2.24) is 10.2 Å². The van der Waals surface area contributed by atoms with Crippen molar-refractivity contribution in [2.75, 3.05) is 13.1 Å². The zero-order valence-corrected chi connectivity index (χ0v) is 13.8. The zero-order valence-electron chi connectivity index (χ0n) is 12.2.